The van der Waals surface area contributed by atoms with Gasteiger partial charge in [0.25, 0.3) is 5.91 Å². The average Bonchev–Trinajstić information content (AvgIpc) is 3.63. The number of esters is 1. The number of aromatic nitrogens is 5. The van der Waals surface area contributed by atoms with Gasteiger partial charge in [0.05, 0.1) is 16.9 Å². The molecule has 0 aliphatic heterocycles. The zero-order valence-electron chi connectivity index (χ0n) is 27.6. The van der Waals surface area contributed by atoms with Gasteiger partial charge in [0, 0.05) is 40.8 Å². The van der Waals surface area contributed by atoms with Crippen LogP contribution >= 0.6 is 11.6 Å². The summed E-state index contributed by atoms with van der Waals surface area (Å²) in [4.78, 5) is 68.9. The number of carbonyl (C=O) groups excluding carboxylic acids is 5. The van der Waals surface area contributed by atoms with Crippen molar-refractivity contribution in [3.8, 4) is 5.69 Å². The van der Waals surface area contributed by atoms with Crippen molar-refractivity contribution in [2.75, 3.05) is 16.0 Å². The maximum absolute atomic E-state index is 13.6. The molecule has 0 aliphatic carbocycles. The van der Waals surface area contributed by atoms with Crippen molar-refractivity contribution in [3.63, 3.8) is 0 Å². The van der Waals surface area contributed by atoms with Gasteiger partial charge >= 0.3 is 17.8 Å². The van der Waals surface area contributed by atoms with E-state index in [-0.39, 0.29) is 28.6 Å². The maximum Gasteiger partial charge on any atom is 0.338 e. The molecule has 0 fully saturated rings. The molecule has 4 amide bonds. The Morgan fingerprint density at radius 3 is 2.12 bits per heavy atom. The lowest BCUT2D eigenvalue weighted by molar-refractivity contribution is -0.137. The Kier molecular flexibility index (Phi) is 11.1. The number of nitrogens with one attached hydrogen (secondary N) is 4. The number of pyridine rings is 1. The zero-order valence-corrected chi connectivity index (χ0v) is 28.3. The minimum absolute atomic E-state index is 0.0353. The number of hydrogen-bond donors (Lipinski definition) is 4. The van der Waals surface area contributed by atoms with E-state index in [2.05, 4.69) is 41.8 Å². The molecule has 0 bridgehead atoms. The Morgan fingerprint density at radius 1 is 0.804 bits per heavy atom. The smallest absolute Gasteiger partial charge is 0.338 e. The van der Waals surface area contributed by atoms with Crippen LogP contribution in [-0.4, -0.2) is 66.4 Å². The van der Waals surface area contributed by atoms with Crippen LogP contribution < -0.4 is 21.3 Å². The van der Waals surface area contributed by atoms with Crippen LogP contribution in [0.5, 0.6) is 0 Å². The number of anilines is 3. The molecule has 0 saturated carbocycles. The largest absolute Gasteiger partial charge is 0.456 e. The molecule has 3 aromatic carbocycles. The van der Waals surface area contributed by atoms with E-state index < -0.39 is 35.3 Å². The highest BCUT2D eigenvalue weighted by Crippen LogP contribution is 2.24. The summed E-state index contributed by atoms with van der Waals surface area (Å²) in [6, 6.07) is 19.1. The van der Waals surface area contributed by atoms with Gasteiger partial charge in [0.15, 0.2) is 0 Å². The monoisotopic (exact) mass is 709 g/mol. The van der Waals surface area contributed by atoms with Crippen LogP contribution in [0, 0.1) is 0 Å². The normalized spacial score (nSPS) is 11.5. The molecule has 51 heavy (non-hydrogen) atoms. The van der Waals surface area contributed by atoms with Gasteiger partial charge in [0.2, 0.25) is 5.91 Å². The first kappa shape index (κ1) is 35.8. The van der Waals surface area contributed by atoms with Crippen molar-refractivity contribution in [2.24, 2.45) is 0 Å². The molecule has 1 unspecified atom stereocenters. The lowest BCUT2D eigenvalue weighted by Gasteiger charge is -2.20. The van der Waals surface area contributed by atoms with Gasteiger partial charge in [-0.2, -0.15) is 4.68 Å². The van der Waals surface area contributed by atoms with Gasteiger partial charge in [-0.15, -0.1) is 5.10 Å². The van der Waals surface area contributed by atoms with Crippen molar-refractivity contribution >= 4 is 58.3 Å². The molecule has 2 heterocycles. The number of rotatable bonds is 10. The SMILES string of the molecule is CC(C)(C)OC(=O)c1ccc(NC(=O)C(Cc2ccc(NC(=O)c3ccncc3)cc2)NC(=O)C(=O)Nc2cc(Cl)ccc2-n2cnnn2)cc1. The van der Waals surface area contributed by atoms with E-state index in [1.165, 1.54) is 53.7 Å². The van der Waals surface area contributed by atoms with Gasteiger partial charge in [0.1, 0.15) is 18.0 Å². The minimum atomic E-state index is -1.25. The molecule has 260 valence electrons. The molecule has 1 atom stereocenters. The van der Waals surface area contributed by atoms with Gasteiger partial charge in [-0.05, 0) is 103 Å². The second-order valence-corrected chi connectivity index (χ2v) is 12.5. The Hall–Kier alpha value is -6.48. The minimum Gasteiger partial charge on any atom is -0.456 e. The Morgan fingerprint density at radius 2 is 1.47 bits per heavy atom. The lowest BCUT2D eigenvalue weighted by Crippen LogP contribution is -2.49. The second-order valence-electron chi connectivity index (χ2n) is 12.1. The lowest BCUT2D eigenvalue weighted by atomic mass is 10.0. The summed E-state index contributed by atoms with van der Waals surface area (Å²) >= 11 is 6.14. The molecular weight excluding hydrogens is 678 g/mol. The number of benzene rings is 3. The fraction of sp³-hybridized carbons (Fsp3) is 0.171. The Labute approximate surface area is 296 Å². The number of halogens is 1. The third-order valence-corrected chi connectivity index (χ3v) is 7.25. The average molecular weight is 710 g/mol. The van der Waals surface area contributed by atoms with Crippen molar-refractivity contribution in [1.29, 1.82) is 0 Å². The molecule has 4 N–H and O–H groups in total. The van der Waals surface area contributed by atoms with E-state index in [1.807, 2.05) is 0 Å². The highest BCUT2D eigenvalue weighted by Gasteiger charge is 2.26. The van der Waals surface area contributed by atoms with E-state index >= 15 is 0 Å². The summed E-state index contributed by atoms with van der Waals surface area (Å²) in [6.45, 7) is 5.26. The zero-order chi connectivity index (χ0) is 36.5. The van der Waals surface area contributed by atoms with Crippen LogP contribution in [0.3, 0.4) is 0 Å². The molecule has 5 rings (SSSR count). The predicted octanol–water partition coefficient (Wildman–Crippen LogP) is 4.22. The molecule has 15 nitrogen and oxygen atoms in total. The summed E-state index contributed by atoms with van der Waals surface area (Å²) in [7, 11) is 0. The van der Waals surface area contributed by atoms with E-state index in [0.29, 0.717) is 28.2 Å². The highest BCUT2D eigenvalue weighted by atomic mass is 35.5. The van der Waals surface area contributed by atoms with Crippen LogP contribution in [0.4, 0.5) is 17.1 Å². The third kappa shape index (κ3) is 10.0. The first-order chi connectivity index (χ1) is 24.3. The summed E-state index contributed by atoms with van der Waals surface area (Å²) in [5.41, 5.74) is 1.93. The third-order valence-electron chi connectivity index (χ3n) is 7.01. The molecule has 16 heteroatoms. The highest BCUT2D eigenvalue weighted by molar-refractivity contribution is 6.40. The summed E-state index contributed by atoms with van der Waals surface area (Å²) in [5.74, 6) is -3.70. The van der Waals surface area contributed by atoms with Gasteiger partial charge < -0.3 is 26.0 Å². The fourth-order valence-electron chi connectivity index (χ4n) is 4.61. The molecule has 0 radical (unpaired) electrons. The predicted molar refractivity (Wildman–Crippen MR) is 187 cm³/mol. The second kappa shape index (κ2) is 15.8. The number of hydrogen-bond acceptors (Lipinski definition) is 10. The van der Waals surface area contributed by atoms with Crippen LogP contribution in [0.25, 0.3) is 5.69 Å². The number of carbonyl (C=O) groups is 5. The molecule has 2 aromatic heterocycles. The van der Waals surface area contributed by atoms with Gasteiger partial charge in [-0.1, -0.05) is 23.7 Å². The van der Waals surface area contributed by atoms with Crippen molar-refractivity contribution in [2.45, 2.75) is 38.8 Å². The summed E-state index contributed by atoms with van der Waals surface area (Å²) in [6.07, 6.45) is 4.28. The van der Waals surface area contributed by atoms with Gasteiger partial charge in [-0.25, -0.2) is 4.79 Å². The molecule has 5 aromatic rings. The Balaban J connectivity index is 1.32. The van der Waals surface area contributed by atoms with E-state index in [4.69, 9.17) is 16.3 Å². The van der Waals surface area contributed by atoms with E-state index in [0.717, 1.165) is 0 Å². The standard InChI is InChI=1S/C35H32ClN9O6/c1-35(2,3)51-34(50)23-6-11-26(12-7-23)40-31(47)28(18-21-4-9-25(10-5-21)39-30(46)22-14-16-37-17-15-22)42-33(49)32(48)41-27-19-24(36)8-13-29(27)45-20-38-43-44-45/h4-17,19-20,28H,18H2,1-3H3,(H,39,46)(H,40,47)(H,41,48)(H,42,49). The topological polar surface area (TPSA) is 199 Å². The fourth-order valence-corrected chi connectivity index (χ4v) is 4.79. The molecular formula is C35H32ClN9O6. The van der Waals surface area contributed by atoms with Crippen LogP contribution in [-0.2, 0) is 25.5 Å². The summed E-state index contributed by atoms with van der Waals surface area (Å²) < 4.78 is 6.66. The van der Waals surface area contributed by atoms with E-state index in [1.54, 1.807) is 69.3 Å². The van der Waals surface area contributed by atoms with Crippen molar-refractivity contribution in [3.05, 3.63) is 119 Å². The molecule has 0 aliphatic rings. The summed E-state index contributed by atoms with van der Waals surface area (Å²) in [5, 5.41) is 21.8. The molecule has 0 spiro atoms. The van der Waals surface area contributed by atoms with Crippen molar-refractivity contribution in [1.82, 2.24) is 30.5 Å². The van der Waals surface area contributed by atoms with Crippen molar-refractivity contribution < 1.29 is 28.7 Å². The van der Waals surface area contributed by atoms with Crippen LogP contribution in [0.1, 0.15) is 47.1 Å². The van der Waals surface area contributed by atoms with Crippen LogP contribution in [0.2, 0.25) is 5.02 Å². The quantitative estimate of drug-likeness (QED) is 0.120. The van der Waals surface area contributed by atoms with Gasteiger partial charge in [-0.3, -0.25) is 24.2 Å². The number of amides is 4. The van der Waals surface area contributed by atoms with Crippen LogP contribution in [0.15, 0.2) is 97.6 Å². The maximum atomic E-state index is 13.6. The first-order valence-corrected chi connectivity index (χ1v) is 15.8. The van der Waals surface area contributed by atoms with E-state index in [9.17, 15) is 24.0 Å². The first-order valence-electron chi connectivity index (χ1n) is 15.4. The number of nitrogens with zero attached hydrogens (tertiary/aromatic N) is 5. The number of tetrazole rings is 1. The molecule has 0 saturated heterocycles. The Bertz CT molecular complexity index is 2030. The number of ether oxygens (including phenoxy) is 1.